The van der Waals surface area contributed by atoms with E-state index in [1.807, 2.05) is 30.3 Å². The van der Waals surface area contributed by atoms with Crippen LogP contribution in [-0.4, -0.2) is 26.2 Å². The first kappa shape index (κ1) is 13.3. The summed E-state index contributed by atoms with van der Waals surface area (Å²) in [6, 6.07) is 9.42. The molecule has 6 heteroatoms. The van der Waals surface area contributed by atoms with Gasteiger partial charge in [-0.15, -0.1) is 0 Å². The molecule has 1 N–H and O–H groups in total. The van der Waals surface area contributed by atoms with E-state index >= 15 is 0 Å². The largest absolute Gasteiger partial charge is 0.476 e. The first-order chi connectivity index (χ1) is 8.65. The molecule has 0 amide bonds. The summed E-state index contributed by atoms with van der Waals surface area (Å²) in [7, 11) is 0. The highest BCUT2D eigenvalue weighted by Crippen LogP contribution is 2.25. The molecule has 2 rings (SSSR count). The van der Waals surface area contributed by atoms with E-state index in [4.69, 9.17) is 5.11 Å². The third-order valence-electron chi connectivity index (χ3n) is 2.47. The van der Waals surface area contributed by atoms with E-state index in [0.717, 1.165) is 5.69 Å². The first-order valence-electron chi connectivity index (χ1n) is 5.27. The number of hydrogen-bond donors (Lipinski definition) is 1. The van der Waals surface area contributed by atoms with Crippen molar-refractivity contribution in [3.05, 3.63) is 46.2 Å². The summed E-state index contributed by atoms with van der Waals surface area (Å²) < 4.78 is 2.28. The standard InChI is InChI=1S/C12H10Br2N2O2/c13-7-6-9-10(12(17)18)15-16(11(9)14)8-4-2-1-3-5-8/h1-5H,6-7H2,(H,17,18). The predicted molar refractivity (Wildman–Crippen MR) is 75.7 cm³/mol. The lowest BCUT2D eigenvalue weighted by Crippen LogP contribution is -2.03. The fourth-order valence-electron chi connectivity index (χ4n) is 1.66. The van der Waals surface area contributed by atoms with Gasteiger partial charge in [-0.1, -0.05) is 34.1 Å². The molecule has 0 radical (unpaired) electrons. The van der Waals surface area contributed by atoms with Crippen LogP contribution in [0.3, 0.4) is 0 Å². The number of aromatic carboxylic acids is 1. The van der Waals surface area contributed by atoms with Gasteiger partial charge in [0.2, 0.25) is 0 Å². The van der Waals surface area contributed by atoms with E-state index in [-0.39, 0.29) is 5.69 Å². The Hall–Kier alpha value is -1.14. The number of nitrogens with zero attached hydrogens (tertiary/aromatic N) is 2. The molecule has 0 atom stereocenters. The zero-order valence-corrected chi connectivity index (χ0v) is 12.5. The number of para-hydroxylation sites is 1. The van der Waals surface area contributed by atoms with Crippen LogP contribution in [-0.2, 0) is 6.42 Å². The molecule has 0 saturated carbocycles. The van der Waals surface area contributed by atoms with E-state index in [1.54, 1.807) is 4.68 Å². The SMILES string of the molecule is O=C(O)c1nn(-c2ccccc2)c(Br)c1CCBr. The molecule has 0 saturated heterocycles. The number of aromatic nitrogens is 2. The summed E-state index contributed by atoms with van der Waals surface area (Å²) >= 11 is 6.74. The second-order valence-corrected chi connectivity index (χ2v) is 5.15. The van der Waals surface area contributed by atoms with Crippen LogP contribution in [0.5, 0.6) is 0 Å². The van der Waals surface area contributed by atoms with Crippen LogP contribution in [0.25, 0.3) is 5.69 Å². The molecular weight excluding hydrogens is 364 g/mol. The second-order valence-electron chi connectivity index (χ2n) is 3.61. The number of carboxylic acids is 1. The van der Waals surface area contributed by atoms with Crippen LogP contribution >= 0.6 is 31.9 Å². The number of benzene rings is 1. The molecule has 4 nitrogen and oxygen atoms in total. The number of carboxylic acid groups (broad SMARTS) is 1. The molecule has 1 aromatic heterocycles. The Labute approximate surface area is 121 Å². The van der Waals surface area contributed by atoms with Gasteiger partial charge < -0.3 is 5.11 Å². The quantitative estimate of drug-likeness (QED) is 0.836. The van der Waals surface area contributed by atoms with Crippen molar-refractivity contribution in [2.45, 2.75) is 6.42 Å². The predicted octanol–water partition coefficient (Wildman–Crippen LogP) is 3.27. The van der Waals surface area contributed by atoms with E-state index in [0.29, 0.717) is 21.9 Å². The third-order valence-corrected chi connectivity index (χ3v) is 3.68. The molecule has 0 aliphatic carbocycles. The zero-order valence-electron chi connectivity index (χ0n) is 9.31. The van der Waals surface area contributed by atoms with Crippen molar-refractivity contribution < 1.29 is 9.90 Å². The van der Waals surface area contributed by atoms with Gasteiger partial charge in [-0.2, -0.15) is 5.10 Å². The molecule has 0 bridgehead atoms. The van der Waals surface area contributed by atoms with Gasteiger partial charge in [0.05, 0.1) is 5.69 Å². The van der Waals surface area contributed by atoms with Crippen LogP contribution in [0, 0.1) is 0 Å². The van der Waals surface area contributed by atoms with Gasteiger partial charge in [-0.25, -0.2) is 9.48 Å². The van der Waals surface area contributed by atoms with Crippen LogP contribution in [0.15, 0.2) is 34.9 Å². The van der Waals surface area contributed by atoms with Gasteiger partial charge >= 0.3 is 5.97 Å². The van der Waals surface area contributed by atoms with Crippen LogP contribution in [0.4, 0.5) is 0 Å². The molecule has 0 aliphatic heterocycles. The van der Waals surface area contributed by atoms with Gasteiger partial charge in [0.25, 0.3) is 0 Å². The minimum Gasteiger partial charge on any atom is -0.476 e. The maximum Gasteiger partial charge on any atom is 0.356 e. The molecule has 0 aliphatic rings. The summed E-state index contributed by atoms with van der Waals surface area (Å²) in [5.74, 6) is -1.01. The van der Waals surface area contributed by atoms with Crippen molar-refractivity contribution in [1.82, 2.24) is 9.78 Å². The maximum atomic E-state index is 11.2. The normalized spacial score (nSPS) is 10.6. The smallest absolute Gasteiger partial charge is 0.356 e. The van der Waals surface area contributed by atoms with Crippen molar-refractivity contribution >= 4 is 37.8 Å². The maximum absolute atomic E-state index is 11.2. The molecular formula is C12H10Br2N2O2. The van der Waals surface area contributed by atoms with Gasteiger partial charge in [0, 0.05) is 10.9 Å². The average molecular weight is 374 g/mol. The Morgan fingerprint density at radius 1 is 1.33 bits per heavy atom. The Morgan fingerprint density at radius 2 is 2.00 bits per heavy atom. The highest BCUT2D eigenvalue weighted by atomic mass is 79.9. The Morgan fingerprint density at radius 3 is 2.56 bits per heavy atom. The molecule has 1 aromatic carbocycles. The molecule has 1 heterocycles. The Bertz CT molecular complexity index is 567. The Balaban J connectivity index is 2.57. The highest BCUT2D eigenvalue weighted by Gasteiger charge is 2.21. The summed E-state index contributed by atoms with van der Waals surface area (Å²) in [6.45, 7) is 0. The summed E-state index contributed by atoms with van der Waals surface area (Å²) in [4.78, 5) is 11.2. The molecule has 2 aromatic rings. The topological polar surface area (TPSA) is 55.1 Å². The molecule has 0 unspecified atom stereocenters. The number of rotatable bonds is 4. The van der Waals surface area contributed by atoms with E-state index in [2.05, 4.69) is 37.0 Å². The summed E-state index contributed by atoms with van der Waals surface area (Å²) in [5.41, 5.74) is 1.61. The molecule has 0 spiro atoms. The van der Waals surface area contributed by atoms with Crippen LogP contribution in [0.2, 0.25) is 0 Å². The average Bonchev–Trinajstić information content (AvgIpc) is 2.69. The molecule has 18 heavy (non-hydrogen) atoms. The van der Waals surface area contributed by atoms with Gasteiger partial charge in [0.15, 0.2) is 5.69 Å². The van der Waals surface area contributed by atoms with Crippen LogP contribution in [0.1, 0.15) is 16.1 Å². The lowest BCUT2D eigenvalue weighted by Gasteiger charge is -2.02. The monoisotopic (exact) mass is 372 g/mol. The van der Waals surface area contributed by atoms with E-state index in [9.17, 15) is 4.79 Å². The van der Waals surface area contributed by atoms with Crippen molar-refractivity contribution in [1.29, 1.82) is 0 Å². The van der Waals surface area contributed by atoms with Crippen molar-refractivity contribution in [3.8, 4) is 5.69 Å². The number of halogens is 2. The first-order valence-corrected chi connectivity index (χ1v) is 7.18. The fourth-order valence-corrected chi connectivity index (χ4v) is 2.72. The molecule has 0 fully saturated rings. The lowest BCUT2D eigenvalue weighted by atomic mass is 10.2. The van der Waals surface area contributed by atoms with Crippen molar-refractivity contribution in [2.75, 3.05) is 5.33 Å². The number of carbonyl (C=O) groups is 1. The Kier molecular flexibility index (Phi) is 4.19. The number of alkyl halides is 1. The van der Waals surface area contributed by atoms with Crippen molar-refractivity contribution in [2.24, 2.45) is 0 Å². The number of hydrogen-bond acceptors (Lipinski definition) is 2. The van der Waals surface area contributed by atoms with Crippen molar-refractivity contribution in [3.63, 3.8) is 0 Å². The highest BCUT2D eigenvalue weighted by molar-refractivity contribution is 9.10. The lowest BCUT2D eigenvalue weighted by molar-refractivity contribution is 0.0689. The second kappa shape index (κ2) is 5.67. The minimum absolute atomic E-state index is 0.0881. The summed E-state index contributed by atoms with van der Waals surface area (Å²) in [5, 5.41) is 14.0. The fraction of sp³-hybridized carbons (Fsp3) is 0.167. The zero-order chi connectivity index (χ0) is 13.1. The van der Waals surface area contributed by atoms with E-state index in [1.165, 1.54) is 0 Å². The third kappa shape index (κ3) is 2.49. The van der Waals surface area contributed by atoms with Gasteiger partial charge in [0.1, 0.15) is 4.60 Å². The van der Waals surface area contributed by atoms with Gasteiger partial charge in [-0.05, 0) is 34.5 Å². The van der Waals surface area contributed by atoms with Crippen LogP contribution < -0.4 is 0 Å². The van der Waals surface area contributed by atoms with Gasteiger partial charge in [-0.3, -0.25) is 0 Å². The molecule has 94 valence electrons. The van der Waals surface area contributed by atoms with E-state index < -0.39 is 5.97 Å². The summed E-state index contributed by atoms with van der Waals surface area (Å²) in [6.07, 6.45) is 0.606. The minimum atomic E-state index is -1.01.